The monoisotopic (exact) mass is 524 g/mol. The molecule has 2 fully saturated rings. The molecule has 7 nitrogen and oxygen atoms in total. The predicted octanol–water partition coefficient (Wildman–Crippen LogP) is 3.22. The molecule has 0 bridgehead atoms. The van der Waals surface area contributed by atoms with Gasteiger partial charge < -0.3 is 0 Å². The Hall–Kier alpha value is -2.00. The van der Waals surface area contributed by atoms with E-state index in [1.807, 2.05) is 22.7 Å². The predicted molar refractivity (Wildman–Crippen MR) is 111 cm³/mol. The van der Waals surface area contributed by atoms with Crippen LogP contribution < -0.4 is 0 Å². The number of aryl methyl sites for hydroxylation is 1. The van der Waals surface area contributed by atoms with E-state index >= 15 is 0 Å². The number of halogens is 2. The third-order valence-corrected chi connectivity index (χ3v) is 6.26. The van der Waals surface area contributed by atoms with Gasteiger partial charge in [0.25, 0.3) is 0 Å². The van der Waals surface area contributed by atoms with E-state index in [0.29, 0.717) is 32.1 Å². The third kappa shape index (κ3) is 5.14. The van der Waals surface area contributed by atoms with Crippen LogP contribution in [0.2, 0.25) is 0 Å². The van der Waals surface area contributed by atoms with Gasteiger partial charge in [-0.2, -0.15) is 0 Å². The van der Waals surface area contributed by atoms with Gasteiger partial charge >= 0.3 is 0 Å². The van der Waals surface area contributed by atoms with E-state index < -0.39 is 4.83 Å². The van der Waals surface area contributed by atoms with Crippen molar-refractivity contribution in [1.82, 2.24) is 9.38 Å². The zero-order chi connectivity index (χ0) is 21.1. The SMILES string of the molecule is O=C1CCC(=O)C1.O=C1CCC(=O)C1Br.O=C1CCc2nc3ccc(Br)cn3c21. The second-order valence-corrected chi connectivity index (χ2v) is 8.79. The van der Waals surface area contributed by atoms with Crippen molar-refractivity contribution in [1.29, 1.82) is 0 Å². The van der Waals surface area contributed by atoms with Crippen LogP contribution in [0.5, 0.6) is 0 Å². The van der Waals surface area contributed by atoms with Gasteiger partial charge in [0.05, 0.1) is 12.1 Å². The van der Waals surface area contributed by atoms with Crippen molar-refractivity contribution in [3.8, 4) is 0 Å². The fourth-order valence-electron chi connectivity index (χ4n) is 3.24. The molecule has 2 heterocycles. The van der Waals surface area contributed by atoms with Crippen LogP contribution in [0.3, 0.4) is 0 Å². The Bertz CT molecular complexity index is 997. The summed E-state index contributed by atoms with van der Waals surface area (Å²) in [7, 11) is 0. The van der Waals surface area contributed by atoms with Crippen LogP contribution in [0.4, 0.5) is 0 Å². The molecule has 0 amide bonds. The highest BCUT2D eigenvalue weighted by Gasteiger charge is 2.29. The van der Waals surface area contributed by atoms with Crippen LogP contribution in [-0.4, -0.2) is 43.1 Å². The molecule has 29 heavy (non-hydrogen) atoms. The fourth-order valence-corrected chi connectivity index (χ4v) is 4.04. The minimum atomic E-state index is -0.484. The number of pyridine rings is 1. The van der Waals surface area contributed by atoms with Crippen molar-refractivity contribution in [2.24, 2.45) is 0 Å². The van der Waals surface area contributed by atoms with Gasteiger partial charge in [-0.05, 0) is 34.5 Å². The Morgan fingerprint density at radius 2 is 1.48 bits per heavy atom. The van der Waals surface area contributed by atoms with E-state index in [1.165, 1.54) is 0 Å². The van der Waals surface area contributed by atoms with E-state index in [1.54, 1.807) is 0 Å². The molecular weight excluding hydrogens is 508 g/mol. The average molecular weight is 526 g/mol. The van der Waals surface area contributed by atoms with Gasteiger partial charge in [0.15, 0.2) is 17.3 Å². The summed E-state index contributed by atoms with van der Waals surface area (Å²) < 4.78 is 2.83. The minimum Gasteiger partial charge on any atom is -0.299 e. The van der Waals surface area contributed by atoms with Crippen LogP contribution in [0.25, 0.3) is 5.65 Å². The lowest BCUT2D eigenvalue weighted by atomic mass is 10.3. The molecule has 2 saturated carbocycles. The molecule has 0 aromatic carbocycles. The number of hydrogen-bond acceptors (Lipinski definition) is 6. The maximum absolute atomic E-state index is 11.6. The molecular formula is C20H18Br2N2O5. The first kappa shape index (κ1) is 21.7. The fraction of sp³-hybridized carbons (Fsp3) is 0.400. The molecule has 0 aliphatic heterocycles. The topological polar surface area (TPSA) is 103 Å². The maximum atomic E-state index is 11.6. The van der Waals surface area contributed by atoms with Crippen LogP contribution in [0.1, 0.15) is 54.7 Å². The van der Waals surface area contributed by atoms with Crippen molar-refractivity contribution in [3.63, 3.8) is 0 Å². The van der Waals surface area contributed by atoms with E-state index in [9.17, 15) is 24.0 Å². The van der Waals surface area contributed by atoms with Crippen LogP contribution in [0, 0.1) is 0 Å². The Kier molecular flexibility index (Phi) is 6.89. The van der Waals surface area contributed by atoms with Gasteiger partial charge in [0.2, 0.25) is 0 Å². The maximum Gasteiger partial charge on any atom is 0.181 e. The second-order valence-electron chi connectivity index (χ2n) is 6.96. The molecule has 0 N–H and O–H groups in total. The lowest BCUT2D eigenvalue weighted by Gasteiger charge is -1.97. The zero-order valence-corrected chi connectivity index (χ0v) is 18.6. The molecule has 9 heteroatoms. The molecule has 0 saturated heterocycles. The number of alkyl halides is 1. The molecule has 2 aromatic rings. The normalized spacial score (nSPS) is 18.6. The van der Waals surface area contributed by atoms with Crippen LogP contribution in [0.15, 0.2) is 22.8 Å². The summed E-state index contributed by atoms with van der Waals surface area (Å²) in [5.41, 5.74) is 2.56. The zero-order valence-electron chi connectivity index (χ0n) is 15.5. The molecule has 152 valence electrons. The van der Waals surface area contributed by atoms with E-state index in [0.717, 1.165) is 27.9 Å². The van der Waals surface area contributed by atoms with Crippen LogP contribution in [-0.2, 0) is 25.6 Å². The highest BCUT2D eigenvalue weighted by molar-refractivity contribution is 9.10. The highest BCUT2D eigenvalue weighted by Crippen LogP contribution is 2.24. The molecule has 3 aliphatic carbocycles. The number of rotatable bonds is 0. The van der Waals surface area contributed by atoms with Gasteiger partial charge in [-0.1, -0.05) is 15.9 Å². The lowest BCUT2D eigenvalue weighted by Crippen LogP contribution is -2.11. The summed E-state index contributed by atoms with van der Waals surface area (Å²) in [5, 5.41) is 0. The molecule has 0 unspecified atom stereocenters. The van der Waals surface area contributed by atoms with Gasteiger partial charge in [0, 0.05) is 42.8 Å². The number of carbonyl (C=O) groups is 5. The molecule has 0 radical (unpaired) electrons. The number of carbonyl (C=O) groups excluding carboxylic acids is 5. The van der Waals surface area contributed by atoms with Gasteiger partial charge in [-0.3, -0.25) is 28.4 Å². The molecule has 5 rings (SSSR count). The number of ketones is 5. The molecule has 0 spiro atoms. The van der Waals surface area contributed by atoms with E-state index in [-0.39, 0.29) is 35.3 Å². The number of hydrogen-bond donors (Lipinski definition) is 0. The van der Waals surface area contributed by atoms with Crippen molar-refractivity contribution in [3.05, 3.63) is 34.2 Å². The number of Topliss-reactive ketones (excluding diaryl/α,β-unsaturated/α-hetero) is 5. The first-order valence-corrected chi connectivity index (χ1v) is 10.9. The average Bonchev–Trinajstić information content (AvgIpc) is 3.41. The smallest absolute Gasteiger partial charge is 0.181 e. The quantitative estimate of drug-likeness (QED) is 0.386. The summed E-state index contributed by atoms with van der Waals surface area (Å²) in [6.45, 7) is 0. The van der Waals surface area contributed by atoms with Gasteiger partial charge in [0.1, 0.15) is 27.7 Å². The minimum absolute atomic E-state index is 0.0231. The van der Waals surface area contributed by atoms with Gasteiger partial charge in [-0.15, -0.1) is 0 Å². The first-order valence-electron chi connectivity index (χ1n) is 9.19. The number of nitrogens with zero attached hydrogens (tertiary/aromatic N) is 2. The third-order valence-electron chi connectivity index (χ3n) is 4.77. The summed E-state index contributed by atoms with van der Waals surface area (Å²) in [5.74, 6) is 0.450. The van der Waals surface area contributed by atoms with Crippen LogP contribution >= 0.6 is 31.9 Å². The lowest BCUT2D eigenvalue weighted by molar-refractivity contribution is -0.122. The van der Waals surface area contributed by atoms with Crippen molar-refractivity contribution in [2.75, 3.05) is 0 Å². The summed E-state index contributed by atoms with van der Waals surface area (Å²) in [6, 6.07) is 3.84. The Labute approximate surface area is 183 Å². The highest BCUT2D eigenvalue weighted by atomic mass is 79.9. The van der Waals surface area contributed by atoms with E-state index in [2.05, 4.69) is 36.8 Å². The second kappa shape index (κ2) is 9.21. The number of aromatic nitrogens is 2. The summed E-state index contributed by atoms with van der Waals surface area (Å²) in [4.78, 5) is 57.0. The first-order chi connectivity index (χ1) is 13.8. The molecule has 0 atom stereocenters. The Morgan fingerprint density at radius 1 is 0.862 bits per heavy atom. The summed E-state index contributed by atoms with van der Waals surface area (Å²) in [6.07, 6.45) is 5.30. The van der Waals surface area contributed by atoms with Crippen molar-refractivity contribution in [2.45, 2.75) is 49.8 Å². The summed E-state index contributed by atoms with van der Waals surface area (Å²) >= 11 is 6.36. The standard InChI is InChI=1S/C10H7BrN2O.C5H5BrO2.C5H6O2/c11-6-1-4-9-12-7-2-3-8(14)10(7)13(9)5-6;6-5-3(7)1-2-4(5)8;6-4-1-2-5(7)3-4/h1,4-5H,2-3H2;5H,1-2H2;1-3H2. The molecule has 2 aromatic heterocycles. The van der Waals surface area contributed by atoms with Crippen molar-refractivity contribution >= 4 is 66.4 Å². The largest absolute Gasteiger partial charge is 0.299 e. The van der Waals surface area contributed by atoms with E-state index in [4.69, 9.17) is 0 Å². The molecule has 3 aliphatic rings. The Morgan fingerprint density at radius 3 is 1.97 bits per heavy atom. The van der Waals surface area contributed by atoms with Crippen molar-refractivity contribution < 1.29 is 24.0 Å². The number of imidazole rings is 1. The Balaban J connectivity index is 0.000000137. The number of fused-ring (bicyclic) bond motifs is 3. The van der Waals surface area contributed by atoms with Gasteiger partial charge in [-0.25, -0.2) is 4.98 Å².